The molecular weight excluding hydrogens is 242 g/mol. The molecule has 0 amide bonds. The Balaban J connectivity index is 2.12. The Morgan fingerprint density at radius 3 is 2.55 bits per heavy atom. The zero-order chi connectivity index (χ0) is 14.4. The van der Waals surface area contributed by atoms with Crippen LogP contribution < -0.4 is 5.32 Å². The molecule has 0 saturated heterocycles. The van der Waals surface area contributed by atoms with E-state index in [9.17, 15) is 0 Å². The maximum Gasteiger partial charge on any atom is 0.0144 e. The molecule has 0 saturated carbocycles. The number of nitrogens with one attached hydrogen (secondary N) is 1. The lowest BCUT2D eigenvalue weighted by atomic mass is 9.97. The summed E-state index contributed by atoms with van der Waals surface area (Å²) in [5, 5.41) is 6.23. The highest BCUT2D eigenvalue weighted by Crippen LogP contribution is 2.18. The Morgan fingerprint density at radius 1 is 1.10 bits per heavy atom. The van der Waals surface area contributed by atoms with Crippen LogP contribution in [-0.2, 0) is 6.42 Å². The Morgan fingerprint density at radius 2 is 1.85 bits per heavy atom. The van der Waals surface area contributed by atoms with Gasteiger partial charge in [-0.1, -0.05) is 68.5 Å². The van der Waals surface area contributed by atoms with E-state index >= 15 is 0 Å². The zero-order valence-electron chi connectivity index (χ0n) is 12.7. The van der Waals surface area contributed by atoms with Crippen LogP contribution in [0.1, 0.15) is 32.3 Å². The van der Waals surface area contributed by atoms with Crippen molar-refractivity contribution >= 4 is 10.8 Å². The van der Waals surface area contributed by atoms with E-state index in [1.54, 1.807) is 0 Å². The highest BCUT2D eigenvalue weighted by atomic mass is 14.9. The first-order chi connectivity index (χ1) is 9.72. The van der Waals surface area contributed by atoms with Crippen LogP contribution in [0.4, 0.5) is 0 Å². The van der Waals surface area contributed by atoms with Gasteiger partial charge in [0, 0.05) is 6.04 Å². The van der Waals surface area contributed by atoms with Gasteiger partial charge in [-0.15, -0.1) is 0 Å². The van der Waals surface area contributed by atoms with Crippen LogP contribution >= 0.6 is 0 Å². The summed E-state index contributed by atoms with van der Waals surface area (Å²) in [5.74, 6) is 0. The summed E-state index contributed by atoms with van der Waals surface area (Å²) in [6.45, 7) is 9.51. The average molecular weight is 267 g/mol. The molecule has 0 radical (unpaired) electrons. The topological polar surface area (TPSA) is 12.0 Å². The van der Waals surface area contributed by atoms with E-state index in [2.05, 4.69) is 68.2 Å². The third-order valence-electron chi connectivity index (χ3n) is 3.82. The molecule has 0 aliphatic rings. The molecule has 0 fully saturated rings. The van der Waals surface area contributed by atoms with Crippen LogP contribution in [0.25, 0.3) is 10.8 Å². The van der Waals surface area contributed by atoms with Crippen LogP contribution in [0.3, 0.4) is 0 Å². The first-order valence-electron chi connectivity index (χ1n) is 7.60. The third-order valence-corrected chi connectivity index (χ3v) is 3.82. The van der Waals surface area contributed by atoms with Gasteiger partial charge in [0.05, 0.1) is 0 Å². The molecule has 2 rings (SSSR count). The van der Waals surface area contributed by atoms with Crippen molar-refractivity contribution in [3.63, 3.8) is 0 Å². The summed E-state index contributed by atoms with van der Waals surface area (Å²) < 4.78 is 0. The molecule has 0 aromatic heterocycles. The Kier molecular flexibility index (Phi) is 5.37. The van der Waals surface area contributed by atoms with Crippen LogP contribution in [-0.4, -0.2) is 12.6 Å². The van der Waals surface area contributed by atoms with Gasteiger partial charge in [0.25, 0.3) is 0 Å². The van der Waals surface area contributed by atoms with E-state index in [0.29, 0.717) is 6.04 Å². The van der Waals surface area contributed by atoms with Crippen molar-refractivity contribution in [2.24, 2.45) is 0 Å². The van der Waals surface area contributed by atoms with Crippen LogP contribution in [0, 0.1) is 0 Å². The standard InChI is InChI=1S/C19H25N/c1-4-15(3)12-19(20-5-2)14-16-10-11-17-8-6-7-9-18(17)13-16/h6-11,13,19-20H,3-5,12,14H2,1-2H3. The lowest BCUT2D eigenvalue weighted by molar-refractivity contribution is 0.516. The SMILES string of the molecule is C=C(CC)CC(Cc1ccc2ccccc2c1)NCC. The van der Waals surface area contributed by atoms with Gasteiger partial charge in [0.1, 0.15) is 0 Å². The second-order valence-electron chi connectivity index (χ2n) is 5.45. The number of rotatable bonds is 7. The summed E-state index contributed by atoms with van der Waals surface area (Å²) in [5.41, 5.74) is 2.73. The van der Waals surface area contributed by atoms with Crippen molar-refractivity contribution in [1.82, 2.24) is 5.32 Å². The Bertz CT molecular complexity index is 571. The van der Waals surface area contributed by atoms with Crippen LogP contribution in [0.2, 0.25) is 0 Å². The monoisotopic (exact) mass is 267 g/mol. The van der Waals surface area contributed by atoms with Gasteiger partial charge in [0.2, 0.25) is 0 Å². The number of likely N-dealkylation sites (N-methyl/N-ethyl adjacent to an activating group) is 1. The van der Waals surface area contributed by atoms with Crippen molar-refractivity contribution < 1.29 is 0 Å². The molecule has 0 spiro atoms. The van der Waals surface area contributed by atoms with E-state index in [0.717, 1.165) is 25.8 Å². The zero-order valence-corrected chi connectivity index (χ0v) is 12.7. The molecule has 1 heteroatoms. The second kappa shape index (κ2) is 7.25. The molecule has 1 atom stereocenters. The summed E-state index contributed by atoms with van der Waals surface area (Å²) in [4.78, 5) is 0. The molecule has 0 aliphatic heterocycles. The maximum absolute atomic E-state index is 4.15. The molecular formula is C19H25N. The van der Waals surface area contributed by atoms with Gasteiger partial charge < -0.3 is 5.32 Å². The van der Waals surface area contributed by atoms with E-state index in [1.165, 1.54) is 21.9 Å². The normalized spacial score (nSPS) is 12.5. The summed E-state index contributed by atoms with van der Waals surface area (Å²) in [6.07, 6.45) is 3.20. The van der Waals surface area contributed by atoms with E-state index in [4.69, 9.17) is 0 Å². The van der Waals surface area contributed by atoms with Crippen molar-refractivity contribution in [3.05, 3.63) is 60.2 Å². The van der Waals surface area contributed by atoms with Gasteiger partial charge in [-0.25, -0.2) is 0 Å². The fourth-order valence-corrected chi connectivity index (χ4v) is 2.65. The van der Waals surface area contributed by atoms with Crippen LogP contribution in [0.5, 0.6) is 0 Å². The maximum atomic E-state index is 4.15. The Labute approximate surface area is 122 Å². The molecule has 2 aromatic carbocycles. The lowest BCUT2D eigenvalue weighted by Gasteiger charge is -2.19. The van der Waals surface area contributed by atoms with E-state index in [1.807, 2.05) is 0 Å². The smallest absolute Gasteiger partial charge is 0.0144 e. The van der Waals surface area contributed by atoms with Gasteiger partial charge in [-0.3, -0.25) is 0 Å². The van der Waals surface area contributed by atoms with Crippen molar-refractivity contribution in [2.75, 3.05) is 6.54 Å². The minimum atomic E-state index is 0.494. The summed E-state index contributed by atoms with van der Waals surface area (Å²) in [6, 6.07) is 15.8. The fraction of sp³-hybridized carbons (Fsp3) is 0.368. The highest BCUT2D eigenvalue weighted by molar-refractivity contribution is 5.82. The molecule has 0 heterocycles. The largest absolute Gasteiger partial charge is 0.314 e. The third kappa shape index (κ3) is 3.94. The molecule has 106 valence electrons. The molecule has 1 N–H and O–H groups in total. The second-order valence-corrected chi connectivity index (χ2v) is 5.45. The lowest BCUT2D eigenvalue weighted by Crippen LogP contribution is -2.31. The minimum absolute atomic E-state index is 0.494. The molecule has 2 aromatic rings. The van der Waals surface area contributed by atoms with Gasteiger partial charge >= 0.3 is 0 Å². The number of benzene rings is 2. The van der Waals surface area contributed by atoms with Crippen molar-refractivity contribution in [3.8, 4) is 0 Å². The summed E-state index contributed by atoms with van der Waals surface area (Å²) in [7, 11) is 0. The van der Waals surface area contributed by atoms with Crippen molar-refractivity contribution in [2.45, 2.75) is 39.2 Å². The van der Waals surface area contributed by atoms with Gasteiger partial charge in [-0.2, -0.15) is 0 Å². The number of fused-ring (bicyclic) bond motifs is 1. The first-order valence-corrected chi connectivity index (χ1v) is 7.60. The molecule has 1 unspecified atom stereocenters. The van der Waals surface area contributed by atoms with Crippen LogP contribution in [0.15, 0.2) is 54.6 Å². The highest BCUT2D eigenvalue weighted by Gasteiger charge is 2.09. The van der Waals surface area contributed by atoms with Gasteiger partial charge in [-0.05, 0) is 42.1 Å². The first kappa shape index (κ1) is 14.8. The van der Waals surface area contributed by atoms with Gasteiger partial charge in [0.15, 0.2) is 0 Å². The quantitative estimate of drug-likeness (QED) is 0.716. The molecule has 0 aliphatic carbocycles. The predicted molar refractivity (Wildman–Crippen MR) is 89.2 cm³/mol. The fourth-order valence-electron chi connectivity index (χ4n) is 2.65. The average Bonchev–Trinajstić information content (AvgIpc) is 2.47. The predicted octanol–water partition coefficient (Wildman–Crippen LogP) is 4.72. The number of hydrogen-bond acceptors (Lipinski definition) is 1. The molecule has 1 nitrogen and oxygen atoms in total. The Hall–Kier alpha value is -1.60. The van der Waals surface area contributed by atoms with E-state index in [-0.39, 0.29) is 0 Å². The van der Waals surface area contributed by atoms with Crippen molar-refractivity contribution in [1.29, 1.82) is 0 Å². The molecule has 0 bridgehead atoms. The minimum Gasteiger partial charge on any atom is -0.314 e. The molecule has 20 heavy (non-hydrogen) atoms. The van der Waals surface area contributed by atoms with E-state index < -0.39 is 0 Å². The number of hydrogen-bond donors (Lipinski definition) is 1. The summed E-state index contributed by atoms with van der Waals surface area (Å²) >= 11 is 0.